The van der Waals surface area contributed by atoms with Crippen LogP contribution in [-0.2, 0) is 12.8 Å². The first-order valence-electron chi connectivity index (χ1n) is 8.26. The third kappa shape index (κ3) is 3.63. The Balaban J connectivity index is 1.87. The quantitative estimate of drug-likeness (QED) is 0.912. The van der Waals surface area contributed by atoms with Gasteiger partial charge in [-0.1, -0.05) is 19.9 Å². The highest BCUT2D eigenvalue weighted by molar-refractivity contribution is 5.98. The van der Waals surface area contributed by atoms with Crippen LogP contribution in [0.15, 0.2) is 30.3 Å². The summed E-state index contributed by atoms with van der Waals surface area (Å²) in [5.41, 5.74) is 3.19. The van der Waals surface area contributed by atoms with Gasteiger partial charge in [0, 0.05) is 29.3 Å². The zero-order valence-corrected chi connectivity index (χ0v) is 14.7. The van der Waals surface area contributed by atoms with Crippen molar-refractivity contribution in [3.05, 3.63) is 47.2 Å². The summed E-state index contributed by atoms with van der Waals surface area (Å²) in [6.45, 7) is 4.18. The number of nitrogens with zero attached hydrogens (tertiary/aromatic N) is 2. The second-order valence-electron chi connectivity index (χ2n) is 7.12. The summed E-state index contributed by atoms with van der Waals surface area (Å²) in [6, 6.07) is 11.4. The van der Waals surface area contributed by atoms with Crippen molar-refractivity contribution in [1.82, 2.24) is 4.98 Å². The Morgan fingerprint density at radius 3 is 2.80 bits per heavy atom. The van der Waals surface area contributed by atoms with E-state index in [0.29, 0.717) is 24.4 Å². The van der Waals surface area contributed by atoms with E-state index in [1.807, 2.05) is 30.3 Å². The first-order chi connectivity index (χ1) is 11.9. The molecule has 25 heavy (non-hydrogen) atoms. The van der Waals surface area contributed by atoms with Crippen LogP contribution in [0.3, 0.4) is 0 Å². The van der Waals surface area contributed by atoms with Gasteiger partial charge in [-0.3, -0.25) is 4.79 Å². The minimum atomic E-state index is -0.0577. The molecule has 1 aliphatic carbocycles. The minimum Gasteiger partial charge on any atom is -0.496 e. The number of anilines is 2. The highest BCUT2D eigenvalue weighted by atomic mass is 16.5. The van der Waals surface area contributed by atoms with Crippen molar-refractivity contribution >= 4 is 17.3 Å². The molecule has 0 unspecified atom stereocenters. The van der Waals surface area contributed by atoms with Crippen molar-refractivity contribution in [1.29, 1.82) is 5.26 Å². The van der Waals surface area contributed by atoms with Crippen LogP contribution in [0.5, 0.6) is 5.75 Å². The van der Waals surface area contributed by atoms with Gasteiger partial charge in [0.05, 0.1) is 25.3 Å². The third-order valence-electron chi connectivity index (χ3n) is 4.39. The molecule has 5 heteroatoms. The Morgan fingerprint density at radius 1 is 1.28 bits per heavy atom. The first kappa shape index (κ1) is 17.0. The molecule has 2 aromatic rings. The summed E-state index contributed by atoms with van der Waals surface area (Å²) in [5.74, 6) is 1.52. The lowest BCUT2D eigenvalue weighted by molar-refractivity contribution is 0.0910. The molecule has 3 rings (SSSR count). The molecule has 128 valence electrons. The van der Waals surface area contributed by atoms with Crippen LogP contribution in [0.1, 0.15) is 41.9 Å². The van der Waals surface area contributed by atoms with Crippen molar-refractivity contribution in [2.24, 2.45) is 5.41 Å². The van der Waals surface area contributed by atoms with Gasteiger partial charge in [0.1, 0.15) is 11.6 Å². The van der Waals surface area contributed by atoms with Crippen LogP contribution in [0.2, 0.25) is 0 Å². The zero-order chi connectivity index (χ0) is 18.0. The van der Waals surface area contributed by atoms with Crippen molar-refractivity contribution in [3.63, 3.8) is 0 Å². The molecule has 0 aliphatic heterocycles. The van der Waals surface area contributed by atoms with E-state index in [1.54, 1.807) is 7.11 Å². The summed E-state index contributed by atoms with van der Waals surface area (Å²) in [6.07, 6.45) is 1.65. The number of hydrogen-bond acceptors (Lipinski definition) is 5. The van der Waals surface area contributed by atoms with Gasteiger partial charge in [-0.2, -0.15) is 5.26 Å². The number of carbonyl (C=O) groups excluding carboxylic acids is 1. The van der Waals surface area contributed by atoms with Crippen LogP contribution in [0.25, 0.3) is 0 Å². The van der Waals surface area contributed by atoms with Crippen LogP contribution in [0, 0.1) is 16.7 Å². The molecule has 1 N–H and O–H groups in total. The Labute approximate surface area is 147 Å². The first-order valence-corrected chi connectivity index (χ1v) is 8.26. The van der Waals surface area contributed by atoms with Crippen molar-refractivity contribution in [2.75, 3.05) is 12.4 Å². The van der Waals surface area contributed by atoms with E-state index < -0.39 is 0 Å². The van der Waals surface area contributed by atoms with Gasteiger partial charge >= 0.3 is 0 Å². The number of ketones is 1. The molecule has 5 nitrogen and oxygen atoms in total. The summed E-state index contributed by atoms with van der Waals surface area (Å²) < 4.78 is 5.35. The highest BCUT2D eigenvalue weighted by Gasteiger charge is 2.31. The number of benzene rings is 1. The Bertz CT molecular complexity index is 866. The van der Waals surface area contributed by atoms with Gasteiger partial charge in [-0.25, -0.2) is 4.98 Å². The Morgan fingerprint density at radius 2 is 2.08 bits per heavy atom. The number of fused-ring (bicyclic) bond motifs is 1. The maximum Gasteiger partial charge on any atom is 0.165 e. The maximum absolute atomic E-state index is 12.3. The molecule has 0 amide bonds. The predicted molar refractivity (Wildman–Crippen MR) is 96.3 cm³/mol. The average Bonchev–Trinajstić information content (AvgIpc) is 2.55. The monoisotopic (exact) mass is 335 g/mol. The fourth-order valence-corrected chi connectivity index (χ4v) is 3.21. The van der Waals surface area contributed by atoms with Gasteiger partial charge in [0.2, 0.25) is 0 Å². The van der Waals surface area contributed by atoms with Gasteiger partial charge in [-0.05, 0) is 30.0 Å². The number of ether oxygens (including phenoxy) is 1. The van der Waals surface area contributed by atoms with Crippen LogP contribution in [-0.4, -0.2) is 17.9 Å². The molecule has 0 radical (unpaired) electrons. The maximum atomic E-state index is 12.3. The number of methoxy groups -OCH3 is 1. The lowest BCUT2D eigenvalue weighted by Gasteiger charge is -2.29. The van der Waals surface area contributed by atoms with E-state index in [0.717, 1.165) is 28.9 Å². The zero-order valence-electron chi connectivity index (χ0n) is 14.7. The van der Waals surface area contributed by atoms with Crippen molar-refractivity contribution in [2.45, 2.75) is 33.1 Å². The van der Waals surface area contributed by atoms with Crippen molar-refractivity contribution < 1.29 is 9.53 Å². The number of rotatable bonds is 4. The Hall–Kier alpha value is -2.87. The van der Waals surface area contributed by atoms with Crippen molar-refractivity contribution in [3.8, 4) is 11.8 Å². The Kier molecular flexibility index (Phi) is 4.45. The van der Waals surface area contributed by atoms with Crippen LogP contribution in [0.4, 0.5) is 11.5 Å². The van der Waals surface area contributed by atoms with E-state index in [2.05, 4.69) is 30.2 Å². The number of nitrogens with one attached hydrogen (secondary N) is 1. The molecular weight excluding hydrogens is 314 g/mol. The fourth-order valence-electron chi connectivity index (χ4n) is 3.21. The molecule has 1 heterocycles. The molecule has 0 spiro atoms. The average molecular weight is 335 g/mol. The topological polar surface area (TPSA) is 75.0 Å². The second kappa shape index (κ2) is 6.56. The molecule has 0 atom stereocenters. The molecule has 1 aromatic carbocycles. The predicted octanol–water partition coefficient (Wildman–Crippen LogP) is 4.05. The minimum absolute atomic E-state index is 0.0577. The van der Waals surface area contributed by atoms with Gasteiger partial charge in [0.15, 0.2) is 5.78 Å². The third-order valence-corrected chi connectivity index (χ3v) is 4.39. The smallest absolute Gasteiger partial charge is 0.165 e. The van der Waals surface area contributed by atoms with E-state index in [4.69, 9.17) is 10.00 Å². The summed E-state index contributed by atoms with van der Waals surface area (Å²) in [7, 11) is 1.59. The summed E-state index contributed by atoms with van der Waals surface area (Å²) in [5, 5.41) is 12.1. The van der Waals surface area contributed by atoms with E-state index in [9.17, 15) is 4.79 Å². The standard InChI is InChI=1S/C20H21N3O2/c1-20(2)11-16-15(17(24)12-20)6-7-19(23-16)22-14-5-4-13(8-9-21)18(10-14)25-3/h4-7,10H,8,11-12H2,1-3H3,(H,22,23). The van der Waals surface area contributed by atoms with E-state index in [-0.39, 0.29) is 11.2 Å². The number of aromatic nitrogens is 1. The van der Waals surface area contributed by atoms with Gasteiger partial charge < -0.3 is 10.1 Å². The second-order valence-corrected chi connectivity index (χ2v) is 7.12. The summed E-state index contributed by atoms with van der Waals surface area (Å²) >= 11 is 0. The molecule has 0 saturated carbocycles. The normalized spacial score (nSPS) is 15.2. The fraction of sp³-hybridized carbons (Fsp3) is 0.350. The molecule has 1 aliphatic rings. The molecule has 0 fully saturated rings. The van der Waals surface area contributed by atoms with Crippen LogP contribution < -0.4 is 10.1 Å². The number of carbonyl (C=O) groups is 1. The lowest BCUT2D eigenvalue weighted by atomic mass is 9.76. The van der Waals surface area contributed by atoms with Crippen LogP contribution >= 0.6 is 0 Å². The largest absolute Gasteiger partial charge is 0.496 e. The molecule has 0 bridgehead atoms. The summed E-state index contributed by atoms with van der Waals surface area (Å²) in [4.78, 5) is 16.9. The van der Waals surface area contributed by atoms with E-state index in [1.165, 1.54) is 0 Å². The van der Waals surface area contributed by atoms with Gasteiger partial charge in [-0.15, -0.1) is 0 Å². The number of hydrogen-bond donors (Lipinski definition) is 1. The molecular formula is C20H21N3O2. The number of Topliss-reactive ketones (excluding diaryl/α,β-unsaturated/α-hetero) is 1. The highest BCUT2D eigenvalue weighted by Crippen LogP contribution is 2.34. The van der Waals surface area contributed by atoms with E-state index >= 15 is 0 Å². The van der Waals surface area contributed by atoms with Gasteiger partial charge in [0.25, 0.3) is 0 Å². The molecule has 1 aromatic heterocycles. The molecule has 0 saturated heterocycles. The number of pyridine rings is 1. The SMILES string of the molecule is COc1cc(Nc2ccc3c(n2)CC(C)(C)CC3=O)ccc1CC#N. The number of nitriles is 1. The lowest BCUT2D eigenvalue weighted by Crippen LogP contribution is -2.27.